The van der Waals surface area contributed by atoms with Crippen LogP contribution in [-0.2, 0) is 6.61 Å². The largest absolute Gasteiger partial charge is 0.507 e. The van der Waals surface area contributed by atoms with Crippen molar-refractivity contribution in [1.82, 2.24) is 0 Å². The van der Waals surface area contributed by atoms with Gasteiger partial charge in [0.2, 0.25) is 11.2 Å². The molecule has 0 fully saturated rings. The molecule has 5 N–H and O–H groups in total. The number of hydrogen-bond acceptors (Lipinski definition) is 8. The third-order valence-corrected chi connectivity index (χ3v) is 3.80. The van der Waals surface area contributed by atoms with Crippen molar-refractivity contribution in [1.29, 1.82) is 0 Å². The van der Waals surface area contributed by atoms with Crippen molar-refractivity contribution in [3.63, 3.8) is 0 Å². The van der Waals surface area contributed by atoms with E-state index in [0.29, 0.717) is 0 Å². The highest BCUT2D eigenvalue weighted by Crippen LogP contribution is 2.40. The number of ether oxygens (including phenoxy) is 1. The van der Waals surface area contributed by atoms with Gasteiger partial charge < -0.3 is 34.7 Å². The standard InChI is InChI=1S/C17H14O8/c1-24-17-15(23)13-12(5-10(20)8(6-18)14(13)22)25-16(17)7-2-3-9(19)11(21)4-7/h2-5,18-22H,6H2,1H3. The average molecular weight is 346 g/mol. The molecule has 0 aliphatic rings. The summed E-state index contributed by atoms with van der Waals surface area (Å²) in [6.45, 7) is -0.678. The molecule has 0 spiro atoms. The van der Waals surface area contributed by atoms with Gasteiger partial charge in [-0.25, -0.2) is 0 Å². The number of aliphatic hydroxyl groups excluding tert-OH is 1. The lowest BCUT2D eigenvalue weighted by Crippen LogP contribution is -2.08. The monoisotopic (exact) mass is 346 g/mol. The normalized spacial score (nSPS) is 11.0. The predicted octanol–water partition coefficient (Wildman–Crippen LogP) is 1.78. The summed E-state index contributed by atoms with van der Waals surface area (Å²) >= 11 is 0. The molecule has 0 bridgehead atoms. The van der Waals surface area contributed by atoms with Crippen LogP contribution in [0, 0.1) is 0 Å². The molecule has 1 heterocycles. The van der Waals surface area contributed by atoms with Crippen LogP contribution in [0.1, 0.15) is 5.56 Å². The Bertz CT molecular complexity index is 1040. The molecule has 2 aromatic carbocycles. The van der Waals surface area contributed by atoms with Gasteiger partial charge in [-0.15, -0.1) is 0 Å². The predicted molar refractivity (Wildman–Crippen MR) is 87.1 cm³/mol. The van der Waals surface area contributed by atoms with Crippen molar-refractivity contribution in [3.05, 3.63) is 40.1 Å². The molecule has 8 heteroatoms. The van der Waals surface area contributed by atoms with Gasteiger partial charge in [-0.05, 0) is 18.2 Å². The third kappa shape index (κ3) is 2.48. The molecular weight excluding hydrogens is 332 g/mol. The fourth-order valence-electron chi connectivity index (χ4n) is 2.54. The maximum atomic E-state index is 12.7. The molecule has 0 saturated heterocycles. The molecule has 3 rings (SSSR count). The van der Waals surface area contributed by atoms with Crippen LogP contribution in [0.4, 0.5) is 0 Å². The summed E-state index contributed by atoms with van der Waals surface area (Å²) in [6, 6.07) is 4.86. The van der Waals surface area contributed by atoms with Crippen LogP contribution < -0.4 is 10.2 Å². The fourth-order valence-corrected chi connectivity index (χ4v) is 2.54. The number of methoxy groups -OCH3 is 1. The highest BCUT2D eigenvalue weighted by Gasteiger charge is 2.23. The first-order valence-corrected chi connectivity index (χ1v) is 7.10. The van der Waals surface area contributed by atoms with Crippen molar-refractivity contribution < 1.29 is 34.7 Å². The van der Waals surface area contributed by atoms with E-state index in [2.05, 4.69) is 0 Å². The highest BCUT2D eigenvalue weighted by atomic mass is 16.5. The number of benzene rings is 2. The van der Waals surface area contributed by atoms with Gasteiger partial charge in [0.05, 0.1) is 19.3 Å². The number of phenolic OH excluding ortho intramolecular Hbond substituents is 2. The number of hydrogen-bond donors (Lipinski definition) is 5. The molecule has 1 aromatic heterocycles. The summed E-state index contributed by atoms with van der Waals surface area (Å²) in [6.07, 6.45) is 0. The van der Waals surface area contributed by atoms with Gasteiger partial charge in [-0.1, -0.05) is 0 Å². The SMILES string of the molecule is COc1c(-c2ccc(O)c(O)c2)oc2cc(O)c(CO)c(O)c2c1=O. The summed E-state index contributed by atoms with van der Waals surface area (Å²) in [4.78, 5) is 12.7. The quantitative estimate of drug-likeness (QED) is 0.452. The highest BCUT2D eigenvalue weighted by molar-refractivity contribution is 5.90. The van der Waals surface area contributed by atoms with Crippen LogP contribution in [0.15, 0.2) is 33.5 Å². The summed E-state index contributed by atoms with van der Waals surface area (Å²) in [5.74, 6) is -2.14. The molecule has 3 aromatic rings. The molecule has 8 nitrogen and oxygen atoms in total. The van der Waals surface area contributed by atoms with Gasteiger partial charge in [-0.3, -0.25) is 4.79 Å². The minimum atomic E-state index is -0.724. The van der Waals surface area contributed by atoms with Gasteiger partial charge >= 0.3 is 0 Å². The van der Waals surface area contributed by atoms with Crippen molar-refractivity contribution in [2.45, 2.75) is 6.61 Å². The van der Waals surface area contributed by atoms with Crippen LogP contribution >= 0.6 is 0 Å². The smallest absolute Gasteiger partial charge is 0.239 e. The molecule has 0 atom stereocenters. The number of fused-ring (bicyclic) bond motifs is 1. The van der Waals surface area contributed by atoms with Gasteiger partial charge in [0.25, 0.3) is 0 Å². The Morgan fingerprint density at radius 1 is 1.04 bits per heavy atom. The second-order valence-corrected chi connectivity index (χ2v) is 5.25. The van der Waals surface area contributed by atoms with E-state index in [-0.39, 0.29) is 39.4 Å². The van der Waals surface area contributed by atoms with Crippen molar-refractivity contribution >= 4 is 11.0 Å². The molecule has 0 aliphatic carbocycles. The molecule has 0 saturated carbocycles. The molecule has 0 aliphatic heterocycles. The first-order chi connectivity index (χ1) is 11.9. The van der Waals surface area contributed by atoms with Gasteiger partial charge in [0.1, 0.15) is 22.5 Å². The zero-order chi connectivity index (χ0) is 18.3. The van der Waals surface area contributed by atoms with Gasteiger partial charge in [-0.2, -0.15) is 0 Å². The second-order valence-electron chi connectivity index (χ2n) is 5.25. The van der Waals surface area contributed by atoms with E-state index in [9.17, 15) is 30.3 Å². The van der Waals surface area contributed by atoms with Crippen LogP contribution in [0.5, 0.6) is 28.7 Å². The topological polar surface area (TPSA) is 141 Å². The molecule has 0 amide bonds. The minimum absolute atomic E-state index is 0.0640. The van der Waals surface area contributed by atoms with E-state index in [1.165, 1.54) is 25.3 Å². The van der Waals surface area contributed by atoms with Crippen LogP contribution in [-0.4, -0.2) is 32.6 Å². The molecule has 0 radical (unpaired) electrons. The number of rotatable bonds is 3. The molecule has 0 unspecified atom stereocenters. The summed E-state index contributed by atoms with van der Waals surface area (Å²) in [7, 11) is 1.23. The van der Waals surface area contributed by atoms with Crippen LogP contribution in [0.2, 0.25) is 0 Å². The van der Waals surface area contributed by atoms with E-state index in [1.54, 1.807) is 0 Å². The first kappa shape index (κ1) is 16.5. The lowest BCUT2D eigenvalue weighted by atomic mass is 10.1. The van der Waals surface area contributed by atoms with Gasteiger partial charge in [0, 0.05) is 11.6 Å². The Balaban J connectivity index is 2.41. The zero-order valence-electron chi connectivity index (χ0n) is 13.0. The van der Waals surface area contributed by atoms with Crippen LogP contribution in [0.25, 0.3) is 22.3 Å². The third-order valence-electron chi connectivity index (χ3n) is 3.80. The second kappa shape index (κ2) is 5.91. The summed E-state index contributed by atoms with van der Waals surface area (Å²) in [5, 5.41) is 48.1. The van der Waals surface area contributed by atoms with Crippen LogP contribution in [0.3, 0.4) is 0 Å². The zero-order valence-corrected chi connectivity index (χ0v) is 13.0. The Hall–Kier alpha value is -3.39. The van der Waals surface area contributed by atoms with Crippen molar-refractivity contribution in [2.24, 2.45) is 0 Å². The molecule has 130 valence electrons. The van der Waals surface area contributed by atoms with E-state index in [1.807, 2.05) is 0 Å². The lowest BCUT2D eigenvalue weighted by Gasteiger charge is -2.12. The fraction of sp³-hybridized carbons (Fsp3) is 0.118. The summed E-state index contributed by atoms with van der Waals surface area (Å²) < 4.78 is 10.7. The van der Waals surface area contributed by atoms with Gasteiger partial charge in [0.15, 0.2) is 17.3 Å². The molecular formula is C17H14O8. The first-order valence-electron chi connectivity index (χ1n) is 7.10. The Labute approximate surface area is 140 Å². The van der Waals surface area contributed by atoms with E-state index < -0.39 is 29.3 Å². The number of phenols is 4. The van der Waals surface area contributed by atoms with E-state index >= 15 is 0 Å². The Kier molecular flexibility index (Phi) is 3.90. The van der Waals surface area contributed by atoms with Crippen molar-refractivity contribution in [2.75, 3.05) is 7.11 Å². The number of aromatic hydroxyl groups is 4. The lowest BCUT2D eigenvalue weighted by molar-refractivity contribution is 0.269. The Morgan fingerprint density at radius 2 is 1.76 bits per heavy atom. The maximum absolute atomic E-state index is 12.7. The van der Waals surface area contributed by atoms with E-state index in [4.69, 9.17) is 9.15 Å². The molecule has 25 heavy (non-hydrogen) atoms. The van der Waals surface area contributed by atoms with E-state index in [0.717, 1.165) is 6.07 Å². The minimum Gasteiger partial charge on any atom is -0.507 e. The average Bonchev–Trinajstić information content (AvgIpc) is 2.57. The Morgan fingerprint density at radius 3 is 2.36 bits per heavy atom. The number of aliphatic hydroxyl groups is 1. The van der Waals surface area contributed by atoms with Crippen molar-refractivity contribution in [3.8, 4) is 40.1 Å². The summed E-state index contributed by atoms with van der Waals surface area (Å²) in [5.41, 5.74) is -0.840. The maximum Gasteiger partial charge on any atom is 0.239 e.